The van der Waals surface area contributed by atoms with Gasteiger partial charge in [0, 0.05) is 43.0 Å². The van der Waals surface area contributed by atoms with Crippen LogP contribution in [-0.2, 0) is 16.6 Å². The second kappa shape index (κ2) is 6.61. The van der Waals surface area contributed by atoms with Crippen molar-refractivity contribution in [3.05, 3.63) is 40.9 Å². The molecule has 2 aromatic rings. The third kappa shape index (κ3) is 2.93. The monoisotopic (exact) mass is 380 g/mol. The molecule has 1 unspecified atom stereocenters. The van der Waals surface area contributed by atoms with Crippen LogP contribution >= 0.6 is 0 Å². The van der Waals surface area contributed by atoms with Crippen LogP contribution in [0.15, 0.2) is 12.5 Å². The lowest BCUT2D eigenvalue weighted by molar-refractivity contribution is -0.117. The van der Waals surface area contributed by atoms with E-state index in [0.717, 1.165) is 24.1 Å². The van der Waals surface area contributed by atoms with Gasteiger partial charge in [0.05, 0.1) is 17.7 Å². The first-order valence-corrected chi connectivity index (χ1v) is 9.50. The summed E-state index contributed by atoms with van der Waals surface area (Å²) in [6, 6.07) is 0. The Morgan fingerprint density at radius 3 is 2.75 bits per heavy atom. The van der Waals surface area contributed by atoms with E-state index in [4.69, 9.17) is 9.97 Å². The van der Waals surface area contributed by atoms with Crippen LogP contribution in [0.4, 0.5) is 5.82 Å². The van der Waals surface area contributed by atoms with E-state index in [2.05, 4.69) is 16.9 Å². The van der Waals surface area contributed by atoms with E-state index < -0.39 is 0 Å². The van der Waals surface area contributed by atoms with Crippen molar-refractivity contribution in [2.24, 2.45) is 0 Å². The Morgan fingerprint density at radius 1 is 1.21 bits per heavy atom. The summed E-state index contributed by atoms with van der Waals surface area (Å²) in [7, 11) is 1.75. The molecule has 0 bridgehead atoms. The molecule has 0 aromatic carbocycles. The summed E-state index contributed by atoms with van der Waals surface area (Å²) in [5.41, 5.74) is 2.58. The van der Waals surface area contributed by atoms with Crippen molar-refractivity contribution in [1.29, 1.82) is 0 Å². The molecule has 4 rings (SSSR count). The zero-order valence-corrected chi connectivity index (χ0v) is 16.7. The van der Waals surface area contributed by atoms with Gasteiger partial charge in [0.25, 0.3) is 5.91 Å². The molecule has 0 saturated carbocycles. The van der Waals surface area contributed by atoms with Gasteiger partial charge >= 0.3 is 0 Å². The van der Waals surface area contributed by atoms with Crippen LogP contribution in [0.2, 0.25) is 0 Å². The number of hydrogen-bond donors (Lipinski definition) is 0. The highest BCUT2D eigenvalue weighted by Crippen LogP contribution is 2.36. The van der Waals surface area contributed by atoms with Gasteiger partial charge in [-0.25, -0.2) is 19.9 Å². The second-order valence-corrected chi connectivity index (χ2v) is 7.98. The first kappa shape index (κ1) is 18.5. The molecular weight excluding hydrogens is 356 g/mol. The minimum absolute atomic E-state index is 0.0368. The standard InChI is InChI=1S/C20H24N6O2/c1-12-15(9-21-11-22-12)18(28)26-7-5-6-20(3,10-26)19-23-13(2)14-8-16(27)25(4)17(14)24-19/h9,11H,5-8,10H2,1-4H3. The number of hydrogen-bond acceptors (Lipinski definition) is 6. The summed E-state index contributed by atoms with van der Waals surface area (Å²) >= 11 is 0. The Labute approximate surface area is 164 Å². The minimum Gasteiger partial charge on any atom is -0.338 e. The van der Waals surface area contributed by atoms with Crippen molar-refractivity contribution in [3.63, 3.8) is 0 Å². The summed E-state index contributed by atoms with van der Waals surface area (Å²) in [6.45, 7) is 7.05. The Kier molecular flexibility index (Phi) is 4.36. The molecule has 2 aromatic heterocycles. The zero-order chi connectivity index (χ0) is 20.1. The average Bonchev–Trinajstić information content (AvgIpc) is 2.97. The van der Waals surface area contributed by atoms with Gasteiger partial charge < -0.3 is 4.90 Å². The Hall–Kier alpha value is -2.90. The zero-order valence-electron chi connectivity index (χ0n) is 16.7. The van der Waals surface area contributed by atoms with Crippen LogP contribution in [0.5, 0.6) is 0 Å². The van der Waals surface area contributed by atoms with Gasteiger partial charge in [0.2, 0.25) is 5.91 Å². The summed E-state index contributed by atoms with van der Waals surface area (Å²) in [5, 5.41) is 0. The number of nitrogens with zero attached hydrogens (tertiary/aromatic N) is 6. The van der Waals surface area contributed by atoms with Crippen LogP contribution in [0.1, 0.15) is 52.9 Å². The molecule has 2 amide bonds. The Bertz CT molecular complexity index is 975. The molecular formula is C20H24N6O2. The first-order valence-electron chi connectivity index (χ1n) is 9.50. The highest BCUT2D eigenvalue weighted by atomic mass is 16.2. The van der Waals surface area contributed by atoms with Crippen LogP contribution in [0.3, 0.4) is 0 Å². The predicted octanol–water partition coefficient (Wildman–Crippen LogP) is 1.60. The van der Waals surface area contributed by atoms with Crippen LogP contribution < -0.4 is 4.90 Å². The summed E-state index contributed by atoms with van der Waals surface area (Å²) in [6.07, 6.45) is 5.13. The molecule has 2 aliphatic rings. The number of likely N-dealkylation sites (tertiary alicyclic amines) is 1. The van der Waals surface area contributed by atoms with E-state index in [1.165, 1.54) is 6.33 Å². The number of carbonyl (C=O) groups excluding carboxylic acids is 2. The highest BCUT2D eigenvalue weighted by Gasteiger charge is 2.39. The quantitative estimate of drug-likeness (QED) is 0.786. The SMILES string of the molecule is Cc1ncncc1C(=O)N1CCCC(C)(c2nc(C)c3c(n2)N(C)C(=O)C3)C1. The summed E-state index contributed by atoms with van der Waals surface area (Å²) < 4.78 is 0. The molecule has 0 aliphatic carbocycles. The van der Waals surface area contributed by atoms with E-state index in [-0.39, 0.29) is 17.2 Å². The molecule has 0 spiro atoms. The van der Waals surface area contributed by atoms with Gasteiger partial charge in [-0.05, 0) is 26.7 Å². The van der Waals surface area contributed by atoms with Crippen molar-refractivity contribution >= 4 is 17.6 Å². The van der Waals surface area contributed by atoms with Crippen LogP contribution in [0.25, 0.3) is 0 Å². The number of aryl methyl sites for hydroxylation is 2. The molecule has 8 nitrogen and oxygen atoms in total. The topological polar surface area (TPSA) is 92.2 Å². The minimum atomic E-state index is -0.371. The molecule has 28 heavy (non-hydrogen) atoms. The van der Waals surface area contributed by atoms with Gasteiger partial charge in [-0.15, -0.1) is 0 Å². The lowest BCUT2D eigenvalue weighted by Gasteiger charge is -2.39. The van der Waals surface area contributed by atoms with Gasteiger partial charge in [-0.1, -0.05) is 6.92 Å². The van der Waals surface area contributed by atoms with Crippen molar-refractivity contribution in [1.82, 2.24) is 24.8 Å². The van der Waals surface area contributed by atoms with Gasteiger partial charge in [0.1, 0.15) is 18.0 Å². The third-order valence-electron chi connectivity index (χ3n) is 5.88. The fourth-order valence-corrected chi connectivity index (χ4v) is 4.09. The first-order chi connectivity index (χ1) is 13.3. The molecule has 1 fully saturated rings. The van der Waals surface area contributed by atoms with Crippen molar-refractivity contribution in [3.8, 4) is 0 Å². The lowest BCUT2D eigenvalue weighted by atomic mass is 9.80. The Morgan fingerprint density at radius 2 is 2.00 bits per heavy atom. The highest BCUT2D eigenvalue weighted by molar-refractivity contribution is 6.00. The van der Waals surface area contributed by atoms with Crippen molar-refractivity contribution in [2.75, 3.05) is 25.0 Å². The molecule has 2 aliphatic heterocycles. The normalized spacial score (nSPS) is 21.8. The van der Waals surface area contributed by atoms with E-state index in [1.54, 1.807) is 18.1 Å². The van der Waals surface area contributed by atoms with E-state index in [1.807, 2.05) is 18.7 Å². The fraction of sp³-hybridized carbons (Fsp3) is 0.500. The maximum absolute atomic E-state index is 13.0. The van der Waals surface area contributed by atoms with Gasteiger partial charge in [-0.3, -0.25) is 14.5 Å². The maximum Gasteiger partial charge on any atom is 0.257 e. The average molecular weight is 380 g/mol. The van der Waals surface area contributed by atoms with Crippen molar-refractivity contribution in [2.45, 2.75) is 45.4 Å². The van der Waals surface area contributed by atoms with Crippen molar-refractivity contribution < 1.29 is 9.59 Å². The van der Waals surface area contributed by atoms with Gasteiger partial charge in [0.15, 0.2) is 0 Å². The number of likely N-dealkylation sites (N-methyl/N-ethyl adjacent to an activating group) is 1. The van der Waals surface area contributed by atoms with Crippen LogP contribution in [0, 0.1) is 13.8 Å². The van der Waals surface area contributed by atoms with E-state index >= 15 is 0 Å². The van der Waals surface area contributed by atoms with Crippen LogP contribution in [-0.4, -0.2) is 56.8 Å². The lowest BCUT2D eigenvalue weighted by Crippen LogP contribution is -2.48. The smallest absolute Gasteiger partial charge is 0.257 e. The number of carbonyl (C=O) groups is 2. The molecule has 0 N–H and O–H groups in total. The Balaban J connectivity index is 1.66. The molecule has 146 valence electrons. The predicted molar refractivity (Wildman–Crippen MR) is 103 cm³/mol. The molecule has 8 heteroatoms. The largest absolute Gasteiger partial charge is 0.338 e. The third-order valence-corrected chi connectivity index (χ3v) is 5.88. The fourth-order valence-electron chi connectivity index (χ4n) is 4.09. The number of fused-ring (bicyclic) bond motifs is 1. The molecule has 1 saturated heterocycles. The number of aromatic nitrogens is 4. The molecule has 0 radical (unpaired) electrons. The molecule has 1 atom stereocenters. The number of anilines is 1. The van der Waals surface area contributed by atoms with Gasteiger partial charge in [-0.2, -0.15) is 0 Å². The number of piperidine rings is 1. The maximum atomic E-state index is 13.0. The number of rotatable bonds is 2. The summed E-state index contributed by atoms with van der Waals surface area (Å²) in [5.74, 6) is 1.37. The number of amides is 2. The summed E-state index contributed by atoms with van der Waals surface area (Å²) in [4.78, 5) is 46.2. The van der Waals surface area contributed by atoms with E-state index in [9.17, 15) is 9.59 Å². The second-order valence-electron chi connectivity index (χ2n) is 7.98. The molecule has 4 heterocycles. The van der Waals surface area contributed by atoms with E-state index in [0.29, 0.717) is 42.4 Å².